The smallest absolute Gasteiger partial charge is 0.417 e. The Morgan fingerprint density at radius 1 is 0.596 bits per heavy atom. The third-order valence-corrected chi connectivity index (χ3v) is 9.46. The molecule has 2 heterocycles. The highest BCUT2D eigenvalue weighted by Crippen LogP contribution is 2.27. The molecule has 4 aromatic rings. The van der Waals surface area contributed by atoms with E-state index in [1.807, 2.05) is 109 Å². The van der Waals surface area contributed by atoms with E-state index in [9.17, 15) is 19.2 Å². The number of carbonyl (C=O) groups excluding carboxylic acids is 4. The number of rotatable bonds is 14. The third-order valence-electron chi connectivity index (χ3n) is 9.46. The zero-order valence-corrected chi connectivity index (χ0v) is 29.3. The molecule has 0 saturated carbocycles. The summed E-state index contributed by atoms with van der Waals surface area (Å²) < 4.78 is 21.5. The number of ether oxygens (including phenoxy) is 4. The zero-order valence-electron chi connectivity index (χ0n) is 29.3. The molecule has 0 radical (unpaired) electrons. The summed E-state index contributed by atoms with van der Waals surface area (Å²) in [5, 5.41) is 0. The van der Waals surface area contributed by atoms with Gasteiger partial charge in [-0.25, -0.2) is 19.4 Å². The van der Waals surface area contributed by atoms with Gasteiger partial charge in [0.2, 0.25) is 11.8 Å². The second kappa shape index (κ2) is 16.9. The summed E-state index contributed by atoms with van der Waals surface area (Å²) in [4.78, 5) is 57.5. The Balaban J connectivity index is 1.32. The number of benzene rings is 4. The molecule has 0 bridgehead atoms. The van der Waals surface area contributed by atoms with Gasteiger partial charge in [-0.15, -0.1) is 0 Å². The standard InChI is InChI=1S/C42H42N2O8/c1-49-37-19-13-31(14-20-37)23-33(39(45)43-35(27-51-41(43)47)25-29-9-5-3-6-10-29)17-18-34(24-32-15-21-38(50-2)22-16-32)40(46)44-36(28-52-42(44)48)26-30-11-7-4-8-12-30/h3-22,33-36H,23-28H2,1-2H3/b18-17+/t33-,34-,35+,36+/m1/s1. The van der Waals surface area contributed by atoms with Gasteiger partial charge in [-0.2, -0.15) is 0 Å². The van der Waals surface area contributed by atoms with E-state index in [4.69, 9.17) is 18.9 Å². The van der Waals surface area contributed by atoms with Crippen LogP contribution in [0.15, 0.2) is 121 Å². The lowest BCUT2D eigenvalue weighted by Gasteiger charge is -2.25. The highest BCUT2D eigenvalue weighted by Gasteiger charge is 2.42. The third kappa shape index (κ3) is 8.69. The van der Waals surface area contributed by atoms with Gasteiger partial charge in [0.05, 0.1) is 38.1 Å². The summed E-state index contributed by atoms with van der Waals surface area (Å²) in [5.41, 5.74) is 3.61. The van der Waals surface area contributed by atoms with Gasteiger partial charge < -0.3 is 18.9 Å². The fourth-order valence-electron chi connectivity index (χ4n) is 6.67. The SMILES string of the molecule is COc1ccc(C[C@@H](/C=C/[C@H](Cc2ccc(OC)cc2)C(=O)N2C(=O)OC[C@@H]2Cc2ccccc2)C(=O)N2C(=O)OC[C@@H]2Cc2ccccc2)cc1. The molecular weight excluding hydrogens is 660 g/mol. The van der Waals surface area contributed by atoms with Crippen LogP contribution in [0.25, 0.3) is 0 Å². The van der Waals surface area contributed by atoms with Crippen molar-refractivity contribution in [2.75, 3.05) is 27.4 Å². The summed E-state index contributed by atoms with van der Waals surface area (Å²) in [6.45, 7) is 0.161. The maximum absolute atomic E-state index is 14.4. The maximum Gasteiger partial charge on any atom is 0.417 e. The molecular formula is C42H42N2O8. The quantitative estimate of drug-likeness (QED) is 0.138. The molecule has 0 N–H and O–H groups in total. The number of nitrogens with zero attached hydrogens (tertiary/aromatic N) is 2. The van der Waals surface area contributed by atoms with Crippen molar-refractivity contribution >= 4 is 24.0 Å². The monoisotopic (exact) mass is 702 g/mol. The van der Waals surface area contributed by atoms with Gasteiger partial charge in [-0.3, -0.25) is 9.59 Å². The maximum atomic E-state index is 14.4. The first-order valence-electron chi connectivity index (χ1n) is 17.3. The van der Waals surface area contributed by atoms with Gasteiger partial charge in [0.15, 0.2) is 0 Å². The minimum Gasteiger partial charge on any atom is -0.497 e. The van der Waals surface area contributed by atoms with Crippen LogP contribution < -0.4 is 9.47 Å². The number of imide groups is 2. The first kappa shape index (κ1) is 35.9. The van der Waals surface area contributed by atoms with Gasteiger partial charge in [-0.05, 0) is 72.2 Å². The summed E-state index contributed by atoms with van der Waals surface area (Å²) in [6, 6.07) is 33.0. The lowest BCUT2D eigenvalue weighted by Crippen LogP contribution is -2.44. The van der Waals surface area contributed by atoms with Crippen LogP contribution in [-0.2, 0) is 44.7 Å². The number of methoxy groups -OCH3 is 2. The molecule has 4 amide bonds. The van der Waals surface area contributed by atoms with Crippen LogP contribution in [0, 0.1) is 11.8 Å². The van der Waals surface area contributed by atoms with Crippen molar-refractivity contribution in [2.24, 2.45) is 11.8 Å². The number of carbonyl (C=O) groups is 4. The minimum absolute atomic E-state index is 0.0803. The normalized spacial score (nSPS) is 18.2. The van der Waals surface area contributed by atoms with Crippen LogP contribution in [0.5, 0.6) is 11.5 Å². The highest BCUT2D eigenvalue weighted by molar-refractivity contribution is 5.97. The molecule has 0 spiro atoms. The van der Waals surface area contributed by atoms with E-state index in [1.54, 1.807) is 26.4 Å². The van der Waals surface area contributed by atoms with Gasteiger partial charge in [0.25, 0.3) is 0 Å². The van der Waals surface area contributed by atoms with Gasteiger partial charge in [-0.1, -0.05) is 97.1 Å². The first-order valence-corrected chi connectivity index (χ1v) is 17.3. The Morgan fingerprint density at radius 2 is 0.962 bits per heavy atom. The number of hydrogen-bond acceptors (Lipinski definition) is 8. The Labute approximate surface area is 303 Å². The molecule has 0 unspecified atom stereocenters. The highest BCUT2D eigenvalue weighted by atomic mass is 16.6. The number of amides is 4. The molecule has 10 nitrogen and oxygen atoms in total. The van der Waals surface area contributed by atoms with Crippen LogP contribution in [0.3, 0.4) is 0 Å². The Bertz CT molecular complexity index is 1720. The average Bonchev–Trinajstić information content (AvgIpc) is 3.73. The Hall–Kier alpha value is -5.90. The van der Waals surface area contributed by atoms with Gasteiger partial charge >= 0.3 is 12.2 Å². The summed E-state index contributed by atoms with van der Waals surface area (Å²) in [6.07, 6.45) is 3.35. The van der Waals surface area contributed by atoms with E-state index in [1.165, 1.54) is 9.80 Å². The molecule has 10 heteroatoms. The fourth-order valence-corrected chi connectivity index (χ4v) is 6.67. The van der Waals surface area contributed by atoms with Crippen molar-refractivity contribution in [1.82, 2.24) is 9.80 Å². The fraction of sp³-hybridized carbons (Fsp3) is 0.286. The van der Waals surface area contributed by atoms with Crippen molar-refractivity contribution < 1.29 is 38.1 Å². The molecule has 2 saturated heterocycles. The molecule has 2 fully saturated rings. The molecule has 4 aromatic carbocycles. The van der Waals surface area contributed by atoms with E-state index >= 15 is 0 Å². The van der Waals surface area contributed by atoms with Crippen LogP contribution in [0.2, 0.25) is 0 Å². The first-order chi connectivity index (χ1) is 25.3. The Morgan fingerprint density at radius 3 is 1.31 bits per heavy atom. The molecule has 2 aliphatic rings. The van der Waals surface area contributed by atoms with Crippen molar-refractivity contribution in [3.8, 4) is 11.5 Å². The van der Waals surface area contributed by atoms with Crippen molar-refractivity contribution in [3.05, 3.63) is 144 Å². The van der Waals surface area contributed by atoms with E-state index in [0.29, 0.717) is 24.3 Å². The average molecular weight is 703 g/mol. The summed E-state index contributed by atoms with van der Waals surface area (Å²) in [5.74, 6) is -1.22. The Kier molecular flexibility index (Phi) is 11.7. The van der Waals surface area contributed by atoms with Crippen LogP contribution >= 0.6 is 0 Å². The molecule has 268 valence electrons. The molecule has 52 heavy (non-hydrogen) atoms. The van der Waals surface area contributed by atoms with E-state index < -0.39 is 47.9 Å². The molecule has 4 atom stereocenters. The zero-order chi connectivity index (χ0) is 36.5. The lowest BCUT2D eigenvalue weighted by molar-refractivity contribution is -0.133. The molecule has 2 aliphatic heterocycles. The predicted octanol–water partition coefficient (Wildman–Crippen LogP) is 6.46. The second-order valence-electron chi connectivity index (χ2n) is 13.0. The van der Waals surface area contributed by atoms with Gasteiger partial charge in [0.1, 0.15) is 24.7 Å². The topological polar surface area (TPSA) is 112 Å². The van der Waals surface area contributed by atoms with Crippen molar-refractivity contribution in [1.29, 1.82) is 0 Å². The van der Waals surface area contributed by atoms with Crippen molar-refractivity contribution in [3.63, 3.8) is 0 Å². The van der Waals surface area contributed by atoms with E-state index in [2.05, 4.69) is 0 Å². The molecule has 0 aromatic heterocycles. The van der Waals surface area contributed by atoms with Crippen LogP contribution in [0.4, 0.5) is 9.59 Å². The molecule has 0 aliphatic carbocycles. The lowest BCUT2D eigenvalue weighted by atomic mass is 9.91. The second-order valence-corrected chi connectivity index (χ2v) is 13.0. The predicted molar refractivity (Wildman–Crippen MR) is 194 cm³/mol. The summed E-state index contributed by atoms with van der Waals surface area (Å²) >= 11 is 0. The van der Waals surface area contributed by atoms with Crippen LogP contribution in [-0.4, -0.2) is 73.3 Å². The largest absolute Gasteiger partial charge is 0.497 e. The number of cyclic esters (lactones) is 2. The van der Waals surface area contributed by atoms with Gasteiger partial charge in [0, 0.05) is 0 Å². The van der Waals surface area contributed by atoms with Crippen molar-refractivity contribution in [2.45, 2.75) is 37.8 Å². The molecule has 6 rings (SSSR count). The van der Waals surface area contributed by atoms with E-state index in [-0.39, 0.29) is 26.1 Å². The summed E-state index contributed by atoms with van der Waals surface area (Å²) in [7, 11) is 3.16. The number of hydrogen-bond donors (Lipinski definition) is 0. The van der Waals surface area contributed by atoms with E-state index in [0.717, 1.165) is 22.3 Å². The van der Waals surface area contributed by atoms with Crippen LogP contribution in [0.1, 0.15) is 22.3 Å². The minimum atomic E-state index is -0.839.